The Morgan fingerprint density at radius 2 is 2.14 bits per heavy atom. The summed E-state index contributed by atoms with van der Waals surface area (Å²) in [4.78, 5) is 21.0. The van der Waals surface area contributed by atoms with Crippen LogP contribution in [0.2, 0.25) is 5.15 Å². The minimum atomic E-state index is -0.401. The van der Waals surface area contributed by atoms with E-state index in [0.717, 1.165) is 18.4 Å². The SMILES string of the molecule is CCCCN(Cc1ccc(Cl)nc1)c1ncccc1[N+](=O)[O-]. The van der Waals surface area contributed by atoms with Gasteiger partial charge in [0.15, 0.2) is 0 Å². The fourth-order valence-electron chi connectivity index (χ4n) is 2.10. The molecular formula is C15H17ClN4O2. The van der Waals surface area contributed by atoms with Crippen LogP contribution in [0.3, 0.4) is 0 Å². The van der Waals surface area contributed by atoms with Gasteiger partial charge in [-0.2, -0.15) is 0 Å². The lowest BCUT2D eigenvalue weighted by molar-refractivity contribution is -0.384. The lowest BCUT2D eigenvalue weighted by atomic mass is 10.2. The van der Waals surface area contributed by atoms with Crippen molar-refractivity contribution in [3.8, 4) is 0 Å². The van der Waals surface area contributed by atoms with E-state index in [1.54, 1.807) is 24.5 Å². The van der Waals surface area contributed by atoms with Crippen LogP contribution < -0.4 is 4.90 Å². The van der Waals surface area contributed by atoms with Gasteiger partial charge in [-0.25, -0.2) is 9.97 Å². The molecule has 0 spiro atoms. The van der Waals surface area contributed by atoms with Gasteiger partial charge in [0.2, 0.25) is 5.82 Å². The van der Waals surface area contributed by atoms with Gasteiger partial charge in [0, 0.05) is 31.5 Å². The first kappa shape index (κ1) is 16.2. The van der Waals surface area contributed by atoms with Gasteiger partial charge in [0.05, 0.1) is 4.92 Å². The van der Waals surface area contributed by atoms with Gasteiger partial charge in [0.1, 0.15) is 5.15 Å². The fourth-order valence-corrected chi connectivity index (χ4v) is 2.22. The number of pyridine rings is 2. The molecule has 6 nitrogen and oxygen atoms in total. The maximum atomic E-state index is 11.2. The summed E-state index contributed by atoms with van der Waals surface area (Å²) in [6, 6.07) is 6.62. The first-order valence-corrected chi connectivity index (χ1v) is 7.44. The highest BCUT2D eigenvalue weighted by molar-refractivity contribution is 6.29. The Kier molecular flexibility index (Phi) is 5.66. The molecule has 22 heavy (non-hydrogen) atoms. The van der Waals surface area contributed by atoms with Gasteiger partial charge in [-0.1, -0.05) is 31.0 Å². The topological polar surface area (TPSA) is 72.2 Å². The summed E-state index contributed by atoms with van der Waals surface area (Å²) in [6.45, 7) is 3.27. The monoisotopic (exact) mass is 320 g/mol. The zero-order chi connectivity index (χ0) is 15.9. The number of nitro groups is 1. The van der Waals surface area contributed by atoms with E-state index >= 15 is 0 Å². The molecule has 0 aliphatic rings. The van der Waals surface area contributed by atoms with Crippen LogP contribution in [0.4, 0.5) is 11.5 Å². The van der Waals surface area contributed by atoms with Gasteiger partial charge >= 0.3 is 5.69 Å². The third-order valence-electron chi connectivity index (χ3n) is 3.21. The molecule has 0 saturated carbocycles. The minimum absolute atomic E-state index is 0.0144. The van der Waals surface area contributed by atoms with E-state index in [9.17, 15) is 10.1 Å². The van der Waals surface area contributed by atoms with Crippen molar-refractivity contribution >= 4 is 23.1 Å². The molecule has 0 bridgehead atoms. The van der Waals surface area contributed by atoms with Gasteiger partial charge in [-0.05, 0) is 24.1 Å². The number of hydrogen-bond acceptors (Lipinski definition) is 5. The fraction of sp³-hybridized carbons (Fsp3) is 0.333. The van der Waals surface area contributed by atoms with Crippen molar-refractivity contribution in [3.63, 3.8) is 0 Å². The van der Waals surface area contributed by atoms with Crippen LogP contribution in [0.1, 0.15) is 25.3 Å². The largest absolute Gasteiger partial charge is 0.347 e. The molecule has 0 N–H and O–H groups in total. The van der Waals surface area contributed by atoms with Gasteiger partial charge in [-0.3, -0.25) is 10.1 Å². The van der Waals surface area contributed by atoms with E-state index in [2.05, 4.69) is 16.9 Å². The molecular weight excluding hydrogens is 304 g/mol. The first-order chi connectivity index (χ1) is 10.6. The predicted octanol–water partition coefficient (Wildman–Crippen LogP) is 3.84. The number of unbranched alkanes of at least 4 members (excludes halogenated alkanes) is 1. The van der Waals surface area contributed by atoms with Crippen molar-refractivity contribution in [1.29, 1.82) is 0 Å². The molecule has 0 fully saturated rings. The van der Waals surface area contributed by atoms with Crippen molar-refractivity contribution < 1.29 is 4.92 Å². The molecule has 2 heterocycles. The number of rotatable bonds is 7. The quantitative estimate of drug-likeness (QED) is 0.440. The predicted molar refractivity (Wildman–Crippen MR) is 86.1 cm³/mol. The molecule has 2 rings (SSSR count). The third-order valence-corrected chi connectivity index (χ3v) is 3.43. The molecule has 0 aliphatic heterocycles. The standard InChI is InChI=1S/C15H17ClN4O2/c1-2-3-9-19(11-12-6-7-14(16)18-10-12)15-13(20(21)22)5-4-8-17-15/h4-8,10H,2-3,9,11H2,1H3. The summed E-state index contributed by atoms with van der Waals surface area (Å²) in [5, 5.41) is 11.6. The minimum Gasteiger partial charge on any atom is -0.347 e. The lowest BCUT2D eigenvalue weighted by Gasteiger charge is -2.23. The third kappa shape index (κ3) is 4.14. The van der Waals surface area contributed by atoms with Crippen LogP contribution in [0.5, 0.6) is 0 Å². The Morgan fingerprint density at radius 3 is 2.77 bits per heavy atom. The molecule has 0 aromatic carbocycles. The lowest BCUT2D eigenvalue weighted by Crippen LogP contribution is -2.25. The summed E-state index contributed by atoms with van der Waals surface area (Å²) in [6.07, 6.45) is 5.17. The summed E-state index contributed by atoms with van der Waals surface area (Å²) in [7, 11) is 0. The molecule has 0 aliphatic carbocycles. The second-order valence-electron chi connectivity index (χ2n) is 4.87. The Balaban J connectivity index is 2.29. The summed E-state index contributed by atoms with van der Waals surface area (Å²) in [5.74, 6) is 0.385. The van der Waals surface area contributed by atoms with Crippen LogP contribution in [-0.4, -0.2) is 21.4 Å². The van der Waals surface area contributed by atoms with Crippen LogP contribution in [0, 0.1) is 10.1 Å². The number of aromatic nitrogens is 2. The van der Waals surface area contributed by atoms with Crippen LogP contribution in [0.25, 0.3) is 0 Å². The van der Waals surface area contributed by atoms with E-state index in [-0.39, 0.29) is 5.69 Å². The maximum absolute atomic E-state index is 11.2. The molecule has 0 saturated heterocycles. The summed E-state index contributed by atoms with van der Waals surface area (Å²) >= 11 is 5.79. The van der Waals surface area contributed by atoms with Crippen molar-refractivity contribution in [2.45, 2.75) is 26.3 Å². The molecule has 0 amide bonds. The van der Waals surface area contributed by atoms with Crippen LogP contribution in [-0.2, 0) is 6.54 Å². The van der Waals surface area contributed by atoms with E-state index in [0.29, 0.717) is 24.1 Å². The molecule has 2 aromatic rings. The zero-order valence-electron chi connectivity index (χ0n) is 12.3. The average molecular weight is 321 g/mol. The van der Waals surface area contributed by atoms with E-state index < -0.39 is 4.92 Å². The number of halogens is 1. The van der Waals surface area contributed by atoms with Crippen molar-refractivity contribution in [2.24, 2.45) is 0 Å². The highest BCUT2D eigenvalue weighted by Crippen LogP contribution is 2.26. The van der Waals surface area contributed by atoms with Crippen molar-refractivity contribution in [2.75, 3.05) is 11.4 Å². The summed E-state index contributed by atoms with van der Waals surface area (Å²) < 4.78 is 0. The molecule has 0 radical (unpaired) electrons. The Bertz CT molecular complexity index is 634. The van der Waals surface area contributed by atoms with Gasteiger partial charge < -0.3 is 4.90 Å². The molecule has 0 atom stereocenters. The van der Waals surface area contributed by atoms with E-state index in [1.807, 2.05) is 11.0 Å². The van der Waals surface area contributed by atoms with Gasteiger partial charge in [-0.15, -0.1) is 0 Å². The normalized spacial score (nSPS) is 10.5. The molecule has 7 heteroatoms. The average Bonchev–Trinajstić information content (AvgIpc) is 2.53. The molecule has 2 aromatic heterocycles. The van der Waals surface area contributed by atoms with Crippen LogP contribution >= 0.6 is 11.6 Å². The summed E-state index contributed by atoms with van der Waals surface area (Å²) in [5.41, 5.74) is 0.945. The highest BCUT2D eigenvalue weighted by atomic mass is 35.5. The molecule has 116 valence electrons. The Hall–Kier alpha value is -2.21. The van der Waals surface area contributed by atoms with Crippen LogP contribution in [0.15, 0.2) is 36.7 Å². The number of nitrogens with zero attached hydrogens (tertiary/aromatic N) is 4. The molecule has 0 unspecified atom stereocenters. The second kappa shape index (κ2) is 7.70. The van der Waals surface area contributed by atoms with E-state index in [4.69, 9.17) is 11.6 Å². The van der Waals surface area contributed by atoms with Gasteiger partial charge in [0.25, 0.3) is 0 Å². The highest BCUT2D eigenvalue weighted by Gasteiger charge is 2.20. The Labute approximate surface area is 133 Å². The number of anilines is 1. The first-order valence-electron chi connectivity index (χ1n) is 7.06. The Morgan fingerprint density at radius 1 is 1.32 bits per heavy atom. The number of hydrogen-bond donors (Lipinski definition) is 0. The van der Waals surface area contributed by atoms with E-state index in [1.165, 1.54) is 6.07 Å². The van der Waals surface area contributed by atoms with Crippen molar-refractivity contribution in [3.05, 3.63) is 57.5 Å². The zero-order valence-corrected chi connectivity index (χ0v) is 13.0. The maximum Gasteiger partial charge on any atom is 0.311 e. The second-order valence-corrected chi connectivity index (χ2v) is 5.25. The smallest absolute Gasteiger partial charge is 0.311 e. The van der Waals surface area contributed by atoms with Crippen molar-refractivity contribution in [1.82, 2.24) is 9.97 Å².